The fraction of sp³-hybridized carbons (Fsp3) is 0.333. The molecular formula is C12H17N5O. The maximum absolute atomic E-state index is 9.17. The molecule has 0 aromatic heterocycles. The van der Waals surface area contributed by atoms with Crippen LogP contribution in [0.5, 0.6) is 0 Å². The maximum atomic E-state index is 9.17. The molecule has 1 heterocycles. The van der Waals surface area contributed by atoms with Crippen molar-refractivity contribution >= 4 is 22.9 Å². The molecule has 6 nitrogen and oxygen atoms in total. The molecule has 0 saturated carbocycles. The van der Waals surface area contributed by atoms with E-state index < -0.39 is 0 Å². The smallest absolute Gasteiger partial charge is 0.167 e. The fourth-order valence-electron chi connectivity index (χ4n) is 1.67. The summed E-state index contributed by atoms with van der Waals surface area (Å²) in [5, 5.41) is 13.0. The van der Waals surface area contributed by atoms with Crippen molar-refractivity contribution in [2.24, 2.45) is 15.8 Å². The Hall–Kier alpha value is -2.08. The second-order valence-corrected chi connectivity index (χ2v) is 4.27. The number of hydrogen-bond donors (Lipinski definition) is 3. The van der Waals surface area contributed by atoms with Crippen LogP contribution in [0.3, 0.4) is 0 Å². The van der Waals surface area contributed by atoms with E-state index in [0.717, 1.165) is 11.4 Å². The lowest BCUT2D eigenvalue weighted by molar-refractivity contribution is 0.276. The number of benzene rings is 1. The van der Waals surface area contributed by atoms with E-state index in [1.165, 1.54) is 0 Å². The summed E-state index contributed by atoms with van der Waals surface area (Å²) in [7, 11) is 3.96. The first-order chi connectivity index (χ1) is 8.61. The molecule has 1 aromatic rings. The standard InChI is InChI=1S/C12H17N5O/c1-17(2)9-5-3-8(4-6-9)14-11-10(7-18)15-16-12(11)13/h3-6,10,15,18H,7H2,1-2H3,(H2,13,16). The summed E-state index contributed by atoms with van der Waals surface area (Å²) < 4.78 is 0. The Bertz CT molecular complexity index is 478. The molecule has 0 saturated heterocycles. The summed E-state index contributed by atoms with van der Waals surface area (Å²) in [5.74, 6) is 0.325. The van der Waals surface area contributed by atoms with Gasteiger partial charge in [-0.2, -0.15) is 5.10 Å². The molecule has 0 fully saturated rings. The first kappa shape index (κ1) is 12.4. The zero-order valence-corrected chi connectivity index (χ0v) is 10.5. The molecule has 0 bridgehead atoms. The van der Waals surface area contributed by atoms with Crippen molar-refractivity contribution in [3.63, 3.8) is 0 Å². The number of aliphatic imine (C=N–C) groups is 1. The van der Waals surface area contributed by atoms with Crippen molar-refractivity contribution < 1.29 is 5.11 Å². The average Bonchev–Trinajstić information content (AvgIpc) is 2.71. The number of hydrogen-bond acceptors (Lipinski definition) is 6. The van der Waals surface area contributed by atoms with Crippen molar-refractivity contribution in [1.82, 2.24) is 5.43 Å². The molecule has 0 amide bonds. The van der Waals surface area contributed by atoms with Crippen LogP contribution in [-0.2, 0) is 0 Å². The third-order valence-corrected chi connectivity index (χ3v) is 2.73. The van der Waals surface area contributed by atoms with Crippen LogP contribution in [0.1, 0.15) is 0 Å². The lowest BCUT2D eigenvalue weighted by Gasteiger charge is -2.12. The summed E-state index contributed by atoms with van der Waals surface area (Å²) in [6, 6.07) is 7.44. The highest BCUT2D eigenvalue weighted by molar-refractivity contribution is 6.44. The van der Waals surface area contributed by atoms with Crippen LogP contribution < -0.4 is 16.1 Å². The monoisotopic (exact) mass is 247 g/mol. The van der Waals surface area contributed by atoms with Gasteiger partial charge < -0.3 is 15.7 Å². The third-order valence-electron chi connectivity index (χ3n) is 2.73. The molecule has 0 spiro atoms. The van der Waals surface area contributed by atoms with Crippen molar-refractivity contribution in [2.45, 2.75) is 6.04 Å². The Kier molecular flexibility index (Phi) is 3.47. The number of anilines is 1. The second kappa shape index (κ2) is 5.05. The van der Waals surface area contributed by atoms with Crippen LogP contribution in [0.25, 0.3) is 0 Å². The van der Waals surface area contributed by atoms with Gasteiger partial charge in [-0.05, 0) is 24.3 Å². The van der Waals surface area contributed by atoms with E-state index in [1.54, 1.807) is 0 Å². The Morgan fingerprint density at radius 2 is 2.06 bits per heavy atom. The molecular weight excluding hydrogens is 230 g/mol. The normalized spacial score (nSPS) is 20.7. The zero-order chi connectivity index (χ0) is 13.1. The number of hydrazone groups is 1. The molecule has 0 aliphatic carbocycles. The van der Waals surface area contributed by atoms with Crippen LogP contribution in [0.15, 0.2) is 34.4 Å². The number of nitrogens with one attached hydrogen (secondary N) is 1. The number of rotatable bonds is 3. The van der Waals surface area contributed by atoms with E-state index in [1.807, 2.05) is 43.3 Å². The summed E-state index contributed by atoms with van der Waals surface area (Å²) in [4.78, 5) is 6.43. The number of amidine groups is 1. The lowest BCUT2D eigenvalue weighted by atomic mass is 10.2. The Morgan fingerprint density at radius 3 is 2.61 bits per heavy atom. The highest BCUT2D eigenvalue weighted by atomic mass is 16.3. The first-order valence-electron chi connectivity index (χ1n) is 5.67. The van der Waals surface area contributed by atoms with Gasteiger partial charge in [0, 0.05) is 19.8 Å². The quantitative estimate of drug-likeness (QED) is 0.705. The SMILES string of the molecule is CN(C)c1ccc(N=C2C(N)=NNC2CO)cc1. The molecule has 1 unspecified atom stereocenters. The summed E-state index contributed by atoms with van der Waals surface area (Å²) >= 11 is 0. The maximum Gasteiger partial charge on any atom is 0.167 e. The number of nitrogens with two attached hydrogens (primary N) is 1. The number of aliphatic hydroxyl groups is 1. The summed E-state index contributed by atoms with van der Waals surface area (Å²) in [5.41, 5.74) is 10.9. The van der Waals surface area contributed by atoms with Crippen molar-refractivity contribution in [1.29, 1.82) is 0 Å². The van der Waals surface area contributed by atoms with Crippen LogP contribution in [0, 0.1) is 0 Å². The van der Waals surface area contributed by atoms with Crippen LogP contribution in [-0.4, -0.2) is 43.4 Å². The largest absolute Gasteiger partial charge is 0.394 e. The fourth-order valence-corrected chi connectivity index (χ4v) is 1.67. The van der Waals surface area contributed by atoms with Crippen molar-refractivity contribution in [3.8, 4) is 0 Å². The minimum absolute atomic E-state index is 0.0845. The minimum Gasteiger partial charge on any atom is -0.394 e. The average molecular weight is 247 g/mol. The molecule has 1 aliphatic rings. The topological polar surface area (TPSA) is 86.2 Å². The molecule has 1 aromatic carbocycles. The van der Waals surface area contributed by atoms with Gasteiger partial charge in [0.15, 0.2) is 5.84 Å². The van der Waals surface area contributed by atoms with E-state index in [2.05, 4.69) is 15.5 Å². The van der Waals surface area contributed by atoms with Gasteiger partial charge in [0.25, 0.3) is 0 Å². The molecule has 2 rings (SSSR count). The van der Waals surface area contributed by atoms with Crippen molar-refractivity contribution in [3.05, 3.63) is 24.3 Å². The van der Waals surface area contributed by atoms with E-state index in [9.17, 15) is 5.11 Å². The van der Waals surface area contributed by atoms with E-state index in [-0.39, 0.29) is 12.6 Å². The summed E-state index contributed by atoms with van der Waals surface area (Å²) in [6.07, 6.45) is 0. The third kappa shape index (κ3) is 2.43. The van der Waals surface area contributed by atoms with Gasteiger partial charge in [0.05, 0.1) is 12.3 Å². The Morgan fingerprint density at radius 1 is 1.39 bits per heavy atom. The highest BCUT2D eigenvalue weighted by Crippen LogP contribution is 2.19. The Labute approximate surface area is 106 Å². The number of nitrogens with zero attached hydrogens (tertiary/aromatic N) is 3. The van der Waals surface area contributed by atoms with E-state index in [0.29, 0.717) is 11.5 Å². The molecule has 18 heavy (non-hydrogen) atoms. The van der Waals surface area contributed by atoms with Gasteiger partial charge in [-0.3, -0.25) is 5.43 Å². The molecule has 1 atom stereocenters. The van der Waals surface area contributed by atoms with Crippen LogP contribution in [0.4, 0.5) is 11.4 Å². The van der Waals surface area contributed by atoms with Crippen molar-refractivity contribution in [2.75, 3.05) is 25.6 Å². The second-order valence-electron chi connectivity index (χ2n) is 4.27. The van der Waals surface area contributed by atoms with Gasteiger partial charge in [0.1, 0.15) is 11.8 Å². The lowest BCUT2D eigenvalue weighted by Crippen LogP contribution is -2.35. The first-order valence-corrected chi connectivity index (χ1v) is 5.67. The Balaban J connectivity index is 2.24. The highest BCUT2D eigenvalue weighted by Gasteiger charge is 2.23. The molecule has 6 heteroatoms. The molecule has 4 N–H and O–H groups in total. The molecule has 1 aliphatic heterocycles. The van der Waals surface area contributed by atoms with Gasteiger partial charge in [-0.1, -0.05) is 0 Å². The van der Waals surface area contributed by atoms with Crippen LogP contribution in [0.2, 0.25) is 0 Å². The summed E-state index contributed by atoms with van der Waals surface area (Å²) in [6.45, 7) is -0.0845. The zero-order valence-electron chi connectivity index (χ0n) is 10.5. The van der Waals surface area contributed by atoms with Gasteiger partial charge in [-0.15, -0.1) is 0 Å². The number of aliphatic hydroxyl groups excluding tert-OH is 1. The predicted octanol–water partition coefficient (Wildman–Crippen LogP) is 0.0614. The van der Waals surface area contributed by atoms with Gasteiger partial charge in [0.2, 0.25) is 0 Å². The van der Waals surface area contributed by atoms with E-state index in [4.69, 9.17) is 5.73 Å². The van der Waals surface area contributed by atoms with Gasteiger partial charge >= 0.3 is 0 Å². The predicted molar refractivity (Wildman–Crippen MR) is 73.5 cm³/mol. The minimum atomic E-state index is -0.321. The van der Waals surface area contributed by atoms with Gasteiger partial charge in [-0.25, -0.2) is 4.99 Å². The molecule has 96 valence electrons. The van der Waals surface area contributed by atoms with Crippen LogP contribution >= 0.6 is 0 Å². The molecule has 0 radical (unpaired) electrons. The van der Waals surface area contributed by atoms with E-state index >= 15 is 0 Å².